The van der Waals surface area contributed by atoms with Crippen molar-refractivity contribution in [3.63, 3.8) is 0 Å². The number of aryl methyl sites for hydroxylation is 1. The van der Waals surface area contributed by atoms with Crippen molar-refractivity contribution < 1.29 is 14.6 Å². The topological polar surface area (TPSA) is 84.3 Å². The highest BCUT2D eigenvalue weighted by Gasteiger charge is 2.14. The molecule has 4 rings (SSSR count). The van der Waals surface area contributed by atoms with Crippen LogP contribution in [-0.4, -0.2) is 28.2 Å². The molecule has 0 saturated heterocycles. The predicted molar refractivity (Wildman–Crippen MR) is 143 cm³/mol. The smallest absolute Gasteiger partial charge is 0.335 e. The summed E-state index contributed by atoms with van der Waals surface area (Å²) in [7, 11) is 1.65. The highest BCUT2D eigenvalue weighted by molar-refractivity contribution is 7.16. The van der Waals surface area contributed by atoms with E-state index in [1.165, 1.54) is 0 Å². The first-order valence-corrected chi connectivity index (χ1v) is 11.8. The first-order chi connectivity index (χ1) is 17.0. The molecule has 7 heteroatoms. The van der Waals surface area contributed by atoms with Crippen molar-refractivity contribution in [1.29, 1.82) is 0 Å². The molecular formula is C28H25N3O3S. The van der Waals surface area contributed by atoms with Gasteiger partial charge in [-0.1, -0.05) is 24.3 Å². The lowest BCUT2D eigenvalue weighted by Gasteiger charge is -2.14. The fourth-order valence-electron chi connectivity index (χ4n) is 3.49. The van der Waals surface area contributed by atoms with Gasteiger partial charge in [-0.3, -0.25) is 0 Å². The molecule has 2 aromatic carbocycles. The number of methoxy groups -OCH3 is 1. The van der Waals surface area contributed by atoms with E-state index in [1.807, 2.05) is 49.4 Å². The van der Waals surface area contributed by atoms with Gasteiger partial charge in [0.2, 0.25) is 0 Å². The number of nitrogens with zero attached hydrogens (tertiary/aromatic N) is 2. The Morgan fingerprint density at radius 3 is 2.46 bits per heavy atom. The van der Waals surface area contributed by atoms with Gasteiger partial charge in [0, 0.05) is 21.8 Å². The zero-order valence-electron chi connectivity index (χ0n) is 19.5. The summed E-state index contributed by atoms with van der Waals surface area (Å²) in [5, 5.41) is 12.5. The Hall–Kier alpha value is -4.23. The maximum atomic E-state index is 11.2. The zero-order chi connectivity index (χ0) is 24.8. The number of rotatable bonds is 9. The number of allylic oxidation sites excluding steroid dienone is 1. The average molecular weight is 484 g/mol. The first-order valence-electron chi connectivity index (χ1n) is 11.0. The van der Waals surface area contributed by atoms with Crippen LogP contribution in [0.4, 0.5) is 11.5 Å². The third-order valence-electron chi connectivity index (χ3n) is 5.36. The van der Waals surface area contributed by atoms with Gasteiger partial charge in [0.1, 0.15) is 11.6 Å². The van der Waals surface area contributed by atoms with Crippen LogP contribution >= 0.6 is 11.3 Å². The van der Waals surface area contributed by atoms with E-state index in [0.29, 0.717) is 18.1 Å². The molecule has 0 fully saturated rings. The highest BCUT2D eigenvalue weighted by Crippen LogP contribution is 2.31. The number of nitrogens with one attached hydrogen (secondary N) is 1. The predicted octanol–water partition coefficient (Wildman–Crippen LogP) is 6.86. The molecule has 2 N–H and O–H groups in total. The number of thiophene rings is 1. The molecule has 6 nitrogen and oxygen atoms in total. The molecule has 0 saturated carbocycles. The molecule has 176 valence electrons. The molecule has 0 bridgehead atoms. The van der Waals surface area contributed by atoms with E-state index in [-0.39, 0.29) is 5.56 Å². The van der Waals surface area contributed by atoms with E-state index in [9.17, 15) is 4.79 Å². The van der Waals surface area contributed by atoms with E-state index in [4.69, 9.17) is 19.8 Å². The van der Waals surface area contributed by atoms with Crippen LogP contribution in [0.3, 0.4) is 0 Å². The van der Waals surface area contributed by atoms with Gasteiger partial charge >= 0.3 is 5.97 Å². The van der Waals surface area contributed by atoms with Gasteiger partial charge in [-0.15, -0.1) is 17.9 Å². The van der Waals surface area contributed by atoms with Gasteiger partial charge in [0.15, 0.2) is 5.82 Å². The van der Waals surface area contributed by atoms with Gasteiger partial charge in [-0.05, 0) is 73.5 Å². The van der Waals surface area contributed by atoms with Crippen LogP contribution in [0.15, 0.2) is 73.3 Å². The largest absolute Gasteiger partial charge is 0.497 e. The normalized spacial score (nSPS) is 10.9. The second-order valence-electron chi connectivity index (χ2n) is 7.77. The summed E-state index contributed by atoms with van der Waals surface area (Å²) in [6.45, 7) is 5.81. The molecule has 0 radical (unpaired) electrons. The molecule has 35 heavy (non-hydrogen) atoms. The molecule has 2 aromatic heterocycles. The first kappa shape index (κ1) is 23.9. The minimum absolute atomic E-state index is 0.232. The van der Waals surface area contributed by atoms with Crippen molar-refractivity contribution >= 4 is 41.0 Å². The number of carbonyl (C=O) groups is 1. The molecule has 0 aliphatic heterocycles. The van der Waals surface area contributed by atoms with Crippen LogP contribution < -0.4 is 10.1 Å². The van der Waals surface area contributed by atoms with Crippen molar-refractivity contribution in [3.8, 4) is 16.5 Å². The fraction of sp³-hybridized carbons (Fsp3) is 0.107. The molecular weight excluding hydrogens is 458 g/mol. The lowest BCUT2D eigenvalue weighted by Crippen LogP contribution is -2.05. The average Bonchev–Trinajstić information content (AvgIpc) is 3.34. The number of hydrogen-bond acceptors (Lipinski definition) is 6. The minimum Gasteiger partial charge on any atom is -0.497 e. The monoisotopic (exact) mass is 483 g/mol. The molecule has 0 unspecified atom stereocenters. The second-order valence-corrected chi connectivity index (χ2v) is 8.88. The summed E-state index contributed by atoms with van der Waals surface area (Å²) in [4.78, 5) is 22.8. The van der Waals surface area contributed by atoms with Gasteiger partial charge in [-0.25, -0.2) is 14.8 Å². The third-order valence-corrected chi connectivity index (χ3v) is 6.41. The quantitative estimate of drug-likeness (QED) is 0.253. The van der Waals surface area contributed by atoms with E-state index in [2.05, 4.69) is 24.0 Å². The summed E-state index contributed by atoms with van der Waals surface area (Å²) in [5.41, 5.74) is 3.88. The Morgan fingerprint density at radius 1 is 1.06 bits per heavy atom. The molecule has 2 heterocycles. The molecule has 0 amide bonds. The van der Waals surface area contributed by atoms with Gasteiger partial charge < -0.3 is 15.2 Å². The number of ether oxygens (including phenoxy) is 1. The Kier molecular flexibility index (Phi) is 7.38. The Balaban J connectivity index is 1.60. The molecule has 0 atom stereocenters. The second kappa shape index (κ2) is 10.8. The van der Waals surface area contributed by atoms with Crippen LogP contribution in [0, 0.1) is 6.92 Å². The van der Waals surface area contributed by atoms with Gasteiger partial charge in [0.25, 0.3) is 0 Å². The molecule has 0 spiro atoms. The third kappa shape index (κ3) is 5.83. The summed E-state index contributed by atoms with van der Waals surface area (Å²) in [6, 6.07) is 18.5. The minimum atomic E-state index is -0.960. The van der Waals surface area contributed by atoms with Crippen LogP contribution in [0.25, 0.3) is 22.9 Å². The lowest BCUT2D eigenvalue weighted by molar-refractivity contribution is 0.0697. The van der Waals surface area contributed by atoms with Gasteiger partial charge in [-0.2, -0.15) is 0 Å². The number of carboxylic acid groups (broad SMARTS) is 1. The van der Waals surface area contributed by atoms with E-state index in [0.717, 1.165) is 38.0 Å². The highest BCUT2D eigenvalue weighted by atomic mass is 32.1. The van der Waals surface area contributed by atoms with Gasteiger partial charge in [0.05, 0.1) is 17.6 Å². The Morgan fingerprint density at radius 2 is 1.80 bits per heavy atom. The number of benzene rings is 2. The number of carboxylic acids is 1. The van der Waals surface area contributed by atoms with Crippen LogP contribution in [-0.2, 0) is 6.42 Å². The van der Waals surface area contributed by atoms with Crippen LogP contribution in [0.1, 0.15) is 32.1 Å². The van der Waals surface area contributed by atoms with Crippen molar-refractivity contribution in [2.75, 3.05) is 12.4 Å². The van der Waals surface area contributed by atoms with E-state index in [1.54, 1.807) is 42.7 Å². The molecule has 0 aliphatic carbocycles. The summed E-state index contributed by atoms with van der Waals surface area (Å²) < 4.78 is 5.21. The number of aromatic nitrogens is 2. The van der Waals surface area contributed by atoms with Crippen LogP contribution in [0.2, 0.25) is 0 Å². The summed E-state index contributed by atoms with van der Waals surface area (Å²) >= 11 is 1.61. The van der Waals surface area contributed by atoms with Crippen molar-refractivity contribution in [3.05, 3.63) is 101 Å². The SMILES string of the molecule is C=CCc1c(C)nc(-c2ccc(/C=C/c3ccc(OC)cc3)s2)nc1Nc1ccc(C(=O)O)cc1. The standard InChI is InChI=1S/C28H25N3O3S/c1-4-5-24-18(2)29-27(31-26(24)30-21-11-9-20(10-12-21)28(32)33)25-17-16-23(35-25)15-8-19-6-13-22(34-3)14-7-19/h4,6-17H,1,5H2,2-3H3,(H,32,33)(H,29,30,31)/b15-8+. The van der Waals surface area contributed by atoms with Crippen molar-refractivity contribution in [2.45, 2.75) is 13.3 Å². The van der Waals surface area contributed by atoms with Crippen molar-refractivity contribution in [2.24, 2.45) is 0 Å². The summed E-state index contributed by atoms with van der Waals surface area (Å²) in [6.07, 6.45) is 6.55. The van der Waals surface area contributed by atoms with E-state index < -0.39 is 5.97 Å². The molecule has 0 aliphatic rings. The van der Waals surface area contributed by atoms with Crippen molar-refractivity contribution in [1.82, 2.24) is 9.97 Å². The number of hydrogen-bond donors (Lipinski definition) is 2. The number of aromatic carboxylic acids is 1. The maximum Gasteiger partial charge on any atom is 0.335 e. The Labute approximate surface area is 208 Å². The zero-order valence-corrected chi connectivity index (χ0v) is 20.3. The fourth-order valence-corrected chi connectivity index (χ4v) is 4.33. The van der Waals surface area contributed by atoms with Crippen LogP contribution in [0.5, 0.6) is 5.75 Å². The molecule has 4 aromatic rings. The number of anilines is 2. The van der Waals surface area contributed by atoms with E-state index >= 15 is 0 Å². The Bertz CT molecular complexity index is 1370. The maximum absolute atomic E-state index is 11.2. The summed E-state index contributed by atoms with van der Waals surface area (Å²) in [5.74, 6) is 1.18. The lowest BCUT2D eigenvalue weighted by atomic mass is 10.1.